The Hall–Kier alpha value is -1.48. The van der Waals surface area contributed by atoms with Gasteiger partial charge in [0.2, 0.25) is 5.91 Å². The van der Waals surface area contributed by atoms with Crippen molar-refractivity contribution in [2.75, 3.05) is 26.3 Å². The van der Waals surface area contributed by atoms with Crippen LogP contribution in [0.25, 0.3) is 0 Å². The van der Waals surface area contributed by atoms with Gasteiger partial charge in [-0.2, -0.15) is 0 Å². The zero-order chi connectivity index (χ0) is 18.6. The lowest BCUT2D eigenvalue weighted by atomic mass is 9.84. The van der Waals surface area contributed by atoms with Gasteiger partial charge in [-0.25, -0.2) is 4.79 Å². The quantitative estimate of drug-likeness (QED) is 0.497. The van der Waals surface area contributed by atoms with E-state index in [9.17, 15) is 19.8 Å². The van der Waals surface area contributed by atoms with Crippen molar-refractivity contribution in [3.63, 3.8) is 0 Å². The lowest BCUT2D eigenvalue weighted by molar-refractivity contribution is -0.133. The molecule has 5 N–H and O–H groups in total. The van der Waals surface area contributed by atoms with E-state index in [2.05, 4.69) is 10.2 Å². The first-order valence-corrected chi connectivity index (χ1v) is 8.80. The minimum Gasteiger partial charge on any atom is -0.478 e. The molecule has 8 heteroatoms. The summed E-state index contributed by atoms with van der Waals surface area (Å²) in [6, 6.07) is -1.14. The summed E-state index contributed by atoms with van der Waals surface area (Å²) in [5, 5.41) is 22.4. The van der Waals surface area contributed by atoms with Gasteiger partial charge in [0.15, 0.2) is 0 Å². The molecular formula is C17H29N3O5. The Bertz CT molecular complexity index is 524. The number of carbonyl (C=O) groups excluding carboxylic acids is 1. The molecule has 0 aromatic rings. The summed E-state index contributed by atoms with van der Waals surface area (Å²) >= 11 is 0. The molecule has 1 saturated heterocycles. The third-order valence-electron chi connectivity index (χ3n) is 4.98. The predicted octanol–water partition coefficient (Wildman–Crippen LogP) is -0.679. The van der Waals surface area contributed by atoms with Gasteiger partial charge >= 0.3 is 5.97 Å². The standard InChI is InChI=1S/C17H29N3O5/c1-3-25-9-12-8-20(5-4-15(12)22)14-7-11(17(23)24)6-13(18)16(14)19-10(2)21/h7,12-16,22H,3-6,8-9,18H2,1-2H3,(H,19,21)(H,23,24)/t12?,13-,14+,15?,16+/m0/s1. The van der Waals surface area contributed by atoms with Gasteiger partial charge in [-0.15, -0.1) is 0 Å². The number of hydrogen-bond acceptors (Lipinski definition) is 6. The van der Waals surface area contributed by atoms with E-state index < -0.39 is 18.1 Å². The molecule has 1 aliphatic carbocycles. The minimum absolute atomic E-state index is 0.0495. The third kappa shape index (κ3) is 5.01. The number of aliphatic hydroxyl groups is 1. The molecule has 0 bridgehead atoms. The molecule has 2 aliphatic rings. The average molecular weight is 355 g/mol. The van der Waals surface area contributed by atoms with E-state index in [0.29, 0.717) is 32.7 Å². The van der Waals surface area contributed by atoms with Gasteiger partial charge < -0.3 is 26.0 Å². The maximum absolute atomic E-state index is 11.6. The summed E-state index contributed by atoms with van der Waals surface area (Å²) in [5.74, 6) is -1.23. The SMILES string of the molecule is CCOCC1CN([C@@H]2C=C(C(=O)O)C[C@H](N)[C@H]2NC(C)=O)CCC1O. The number of rotatable bonds is 6. The molecule has 1 aliphatic heterocycles. The van der Waals surface area contributed by atoms with Crippen LogP contribution < -0.4 is 11.1 Å². The summed E-state index contributed by atoms with van der Waals surface area (Å²) in [4.78, 5) is 25.1. The van der Waals surface area contributed by atoms with Crippen LogP contribution in [0.3, 0.4) is 0 Å². The fraction of sp³-hybridized carbons (Fsp3) is 0.765. The zero-order valence-electron chi connectivity index (χ0n) is 14.9. The largest absolute Gasteiger partial charge is 0.478 e. The normalized spacial score (nSPS) is 33.6. The first-order chi connectivity index (χ1) is 11.8. The number of hydrogen-bond donors (Lipinski definition) is 4. The van der Waals surface area contributed by atoms with Crippen molar-refractivity contribution in [1.82, 2.24) is 10.2 Å². The molecule has 8 nitrogen and oxygen atoms in total. The Morgan fingerprint density at radius 1 is 1.48 bits per heavy atom. The highest BCUT2D eigenvalue weighted by Crippen LogP contribution is 2.27. The Balaban J connectivity index is 2.21. The van der Waals surface area contributed by atoms with Gasteiger partial charge in [-0.1, -0.05) is 6.08 Å². The number of ether oxygens (including phenoxy) is 1. The summed E-state index contributed by atoms with van der Waals surface area (Å²) in [5.41, 5.74) is 6.45. The maximum atomic E-state index is 11.6. The zero-order valence-corrected chi connectivity index (χ0v) is 14.9. The summed E-state index contributed by atoms with van der Waals surface area (Å²) in [7, 11) is 0. The number of aliphatic hydroxyl groups excluding tert-OH is 1. The van der Waals surface area contributed by atoms with E-state index in [0.717, 1.165) is 0 Å². The highest BCUT2D eigenvalue weighted by atomic mass is 16.5. The smallest absolute Gasteiger partial charge is 0.331 e. The number of aliphatic carboxylic acids is 1. The highest BCUT2D eigenvalue weighted by Gasteiger charge is 2.40. The van der Waals surface area contributed by atoms with Crippen molar-refractivity contribution in [1.29, 1.82) is 0 Å². The predicted molar refractivity (Wildman–Crippen MR) is 91.9 cm³/mol. The number of carboxylic acid groups (broad SMARTS) is 1. The molecule has 142 valence electrons. The molecule has 0 aromatic carbocycles. The lowest BCUT2D eigenvalue weighted by Crippen LogP contribution is -2.63. The van der Waals surface area contributed by atoms with Crippen LogP contribution in [0.15, 0.2) is 11.6 Å². The van der Waals surface area contributed by atoms with Crippen molar-refractivity contribution in [3.8, 4) is 0 Å². The Labute approximate surface area is 148 Å². The summed E-state index contributed by atoms with van der Waals surface area (Å²) in [6.45, 7) is 5.54. The van der Waals surface area contributed by atoms with Crippen molar-refractivity contribution in [3.05, 3.63) is 11.6 Å². The van der Waals surface area contributed by atoms with Crippen LogP contribution in [0.2, 0.25) is 0 Å². The van der Waals surface area contributed by atoms with E-state index in [1.54, 1.807) is 6.08 Å². The number of amides is 1. The minimum atomic E-state index is -0.982. The Morgan fingerprint density at radius 2 is 2.20 bits per heavy atom. The van der Waals surface area contributed by atoms with Gasteiger partial charge in [-0.05, 0) is 19.8 Å². The van der Waals surface area contributed by atoms with E-state index in [1.165, 1.54) is 6.92 Å². The fourth-order valence-corrected chi connectivity index (χ4v) is 3.68. The maximum Gasteiger partial charge on any atom is 0.331 e. The average Bonchev–Trinajstić information content (AvgIpc) is 2.55. The van der Waals surface area contributed by atoms with Crippen LogP contribution in [0.1, 0.15) is 26.7 Å². The van der Waals surface area contributed by atoms with E-state index in [1.807, 2.05) is 6.92 Å². The topological polar surface area (TPSA) is 125 Å². The first kappa shape index (κ1) is 19.8. The number of carbonyl (C=O) groups is 2. The van der Waals surface area contributed by atoms with Crippen LogP contribution in [0.5, 0.6) is 0 Å². The second kappa shape index (κ2) is 8.75. The van der Waals surface area contributed by atoms with Crippen molar-refractivity contribution in [2.24, 2.45) is 11.7 Å². The van der Waals surface area contributed by atoms with Crippen molar-refractivity contribution in [2.45, 2.75) is 50.9 Å². The van der Waals surface area contributed by atoms with E-state index in [-0.39, 0.29) is 35.9 Å². The molecule has 25 heavy (non-hydrogen) atoms. The Kier molecular flexibility index (Phi) is 6.95. The lowest BCUT2D eigenvalue weighted by Gasteiger charge is -2.45. The van der Waals surface area contributed by atoms with Gasteiger partial charge in [0, 0.05) is 44.2 Å². The van der Waals surface area contributed by atoms with E-state index in [4.69, 9.17) is 10.5 Å². The van der Waals surface area contributed by atoms with E-state index >= 15 is 0 Å². The molecule has 0 aromatic heterocycles. The molecule has 2 rings (SSSR count). The van der Waals surface area contributed by atoms with Crippen LogP contribution in [0, 0.1) is 5.92 Å². The number of nitrogens with two attached hydrogens (primary N) is 1. The van der Waals surface area contributed by atoms with Gasteiger partial charge in [0.05, 0.1) is 24.8 Å². The number of piperidine rings is 1. The monoisotopic (exact) mass is 355 g/mol. The fourth-order valence-electron chi connectivity index (χ4n) is 3.68. The molecule has 0 radical (unpaired) electrons. The molecule has 0 spiro atoms. The van der Waals surface area contributed by atoms with Gasteiger partial charge in [0.1, 0.15) is 0 Å². The van der Waals surface area contributed by atoms with Crippen LogP contribution in [-0.4, -0.2) is 77.5 Å². The number of likely N-dealkylation sites (tertiary alicyclic amines) is 1. The number of carboxylic acids is 1. The van der Waals surface area contributed by atoms with Gasteiger partial charge in [0.25, 0.3) is 0 Å². The molecule has 5 atom stereocenters. The molecule has 1 fully saturated rings. The molecule has 1 amide bonds. The van der Waals surface area contributed by atoms with Crippen LogP contribution in [0.4, 0.5) is 0 Å². The molecule has 2 unspecified atom stereocenters. The Morgan fingerprint density at radius 3 is 2.80 bits per heavy atom. The first-order valence-electron chi connectivity index (χ1n) is 8.80. The number of nitrogens with one attached hydrogen (secondary N) is 1. The second-order valence-corrected chi connectivity index (χ2v) is 6.85. The third-order valence-corrected chi connectivity index (χ3v) is 4.98. The van der Waals surface area contributed by atoms with Gasteiger partial charge in [-0.3, -0.25) is 9.69 Å². The molecule has 1 heterocycles. The number of nitrogens with zero attached hydrogens (tertiary/aromatic N) is 1. The molecular weight excluding hydrogens is 326 g/mol. The second-order valence-electron chi connectivity index (χ2n) is 6.85. The van der Waals surface area contributed by atoms with Crippen molar-refractivity contribution < 1.29 is 24.5 Å². The highest BCUT2D eigenvalue weighted by molar-refractivity contribution is 5.87. The summed E-state index contributed by atoms with van der Waals surface area (Å²) in [6.07, 6.45) is 2.05. The molecule has 0 saturated carbocycles. The van der Waals surface area contributed by atoms with Crippen LogP contribution >= 0.6 is 0 Å². The van der Waals surface area contributed by atoms with Crippen LogP contribution in [-0.2, 0) is 14.3 Å². The van der Waals surface area contributed by atoms with Crippen molar-refractivity contribution >= 4 is 11.9 Å². The summed E-state index contributed by atoms with van der Waals surface area (Å²) < 4.78 is 5.46.